The van der Waals surface area contributed by atoms with Crippen molar-refractivity contribution in [2.24, 2.45) is 11.3 Å². The van der Waals surface area contributed by atoms with Crippen molar-refractivity contribution in [3.8, 4) is 0 Å². The number of carbonyl (C=O) groups is 2. The third kappa shape index (κ3) is 2.64. The quantitative estimate of drug-likeness (QED) is 0.657. The Hall–Kier alpha value is -1.92. The van der Waals surface area contributed by atoms with Gasteiger partial charge in [0.25, 0.3) is 5.91 Å². The minimum atomic E-state index is -1.31. The summed E-state index contributed by atoms with van der Waals surface area (Å²) < 4.78 is 10.7. The fourth-order valence-electron chi connectivity index (χ4n) is 3.98. The Morgan fingerprint density at radius 3 is 2.52 bits per heavy atom. The molecule has 4 atom stereocenters. The number of aliphatic hydroxyl groups is 1. The van der Waals surface area contributed by atoms with E-state index in [-0.39, 0.29) is 18.5 Å². The number of fused-ring (bicyclic) bond motifs is 1. The van der Waals surface area contributed by atoms with Crippen LogP contribution in [0.5, 0.6) is 0 Å². The lowest BCUT2D eigenvalue weighted by atomic mass is 9.57. The van der Waals surface area contributed by atoms with Crippen molar-refractivity contribution in [2.45, 2.75) is 45.1 Å². The highest BCUT2D eigenvalue weighted by Crippen LogP contribution is 2.51. The Bertz CT molecular complexity index is 670. The first-order valence-electron chi connectivity index (χ1n) is 8.48. The Morgan fingerprint density at radius 2 is 1.92 bits per heavy atom. The SMILES string of the molecule is COC(=O)[C@H]1CN2C(=O)[C@H](OCc3ccccc3)[C@@H]2C(C)(C)[C@@]1(C)O. The minimum Gasteiger partial charge on any atom is -0.469 e. The number of esters is 1. The largest absolute Gasteiger partial charge is 0.469 e. The van der Waals surface area contributed by atoms with E-state index in [9.17, 15) is 14.7 Å². The standard InChI is InChI=1S/C19H25NO5/c1-18(2)15-14(25-11-12-8-6-5-7-9-12)16(21)20(15)10-13(17(22)24-4)19(18,3)23/h5-9,13-15,23H,10-11H2,1-4H3/t13-,14-,15-,19+/m1/s1. The fraction of sp³-hybridized carbons (Fsp3) is 0.579. The molecule has 2 heterocycles. The van der Waals surface area contributed by atoms with Gasteiger partial charge in [-0.2, -0.15) is 0 Å². The second-order valence-electron chi connectivity index (χ2n) is 7.60. The third-order valence-corrected chi connectivity index (χ3v) is 6.01. The van der Waals surface area contributed by atoms with Crippen molar-refractivity contribution in [3.05, 3.63) is 35.9 Å². The van der Waals surface area contributed by atoms with Crippen LogP contribution in [0.1, 0.15) is 26.3 Å². The number of ether oxygens (including phenoxy) is 2. The smallest absolute Gasteiger partial charge is 0.313 e. The molecule has 0 radical (unpaired) electrons. The normalized spacial score (nSPS) is 33.4. The highest BCUT2D eigenvalue weighted by atomic mass is 16.5. The van der Waals surface area contributed by atoms with Crippen molar-refractivity contribution in [1.29, 1.82) is 0 Å². The van der Waals surface area contributed by atoms with E-state index in [2.05, 4.69) is 0 Å². The van der Waals surface area contributed by atoms with E-state index in [0.717, 1.165) is 5.56 Å². The molecular weight excluding hydrogens is 322 g/mol. The summed E-state index contributed by atoms with van der Waals surface area (Å²) in [5, 5.41) is 11.1. The van der Waals surface area contributed by atoms with Crippen LogP contribution >= 0.6 is 0 Å². The van der Waals surface area contributed by atoms with Gasteiger partial charge in [0.15, 0.2) is 6.10 Å². The predicted octanol–water partition coefficient (Wildman–Crippen LogP) is 1.36. The van der Waals surface area contributed by atoms with Gasteiger partial charge in [-0.3, -0.25) is 9.59 Å². The Kier molecular flexibility index (Phi) is 4.37. The first-order chi connectivity index (χ1) is 11.7. The molecule has 0 unspecified atom stereocenters. The van der Waals surface area contributed by atoms with E-state index in [0.29, 0.717) is 6.61 Å². The van der Waals surface area contributed by atoms with Crippen LogP contribution in [-0.4, -0.2) is 53.3 Å². The number of β-lactam (4-membered cyclic amide) rings is 1. The molecule has 2 saturated heterocycles. The second-order valence-corrected chi connectivity index (χ2v) is 7.60. The van der Waals surface area contributed by atoms with E-state index in [1.54, 1.807) is 11.8 Å². The first-order valence-corrected chi connectivity index (χ1v) is 8.48. The average Bonchev–Trinajstić information content (AvgIpc) is 2.58. The summed E-state index contributed by atoms with van der Waals surface area (Å²) in [5.41, 5.74) is -1.04. The average molecular weight is 347 g/mol. The van der Waals surface area contributed by atoms with Crippen LogP contribution in [0, 0.1) is 11.3 Å². The zero-order chi connectivity index (χ0) is 18.4. The molecule has 0 saturated carbocycles. The molecule has 0 bridgehead atoms. The maximum atomic E-state index is 12.5. The van der Waals surface area contributed by atoms with Gasteiger partial charge < -0.3 is 19.5 Å². The van der Waals surface area contributed by atoms with Gasteiger partial charge in [-0.25, -0.2) is 0 Å². The number of hydrogen-bond acceptors (Lipinski definition) is 5. The van der Waals surface area contributed by atoms with Crippen molar-refractivity contribution in [3.63, 3.8) is 0 Å². The van der Waals surface area contributed by atoms with Gasteiger partial charge in [-0.1, -0.05) is 44.2 Å². The number of nitrogens with zero attached hydrogens (tertiary/aromatic N) is 1. The van der Waals surface area contributed by atoms with Gasteiger partial charge >= 0.3 is 5.97 Å². The van der Waals surface area contributed by atoms with Gasteiger partial charge in [0.1, 0.15) is 5.92 Å². The zero-order valence-corrected chi connectivity index (χ0v) is 15.1. The number of piperidine rings is 1. The molecule has 3 rings (SSSR count). The van der Waals surface area contributed by atoms with Crippen molar-refractivity contribution >= 4 is 11.9 Å². The number of methoxy groups -OCH3 is 1. The van der Waals surface area contributed by atoms with Gasteiger partial charge in [-0.05, 0) is 12.5 Å². The molecule has 0 aromatic heterocycles. The highest BCUT2D eigenvalue weighted by molar-refractivity contribution is 5.90. The van der Waals surface area contributed by atoms with Crippen LogP contribution in [0.3, 0.4) is 0 Å². The number of carbonyl (C=O) groups excluding carboxylic acids is 2. The molecule has 1 amide bonds. The summed E-state index contributed by atoms with van der Waals surface area (Å²) in [6.07, 6.45) is -0.611. The number of hydrogen-bond donors (Lipinski definition) is 1. The molecule has 2 fully saturated rings. The van der Waals surface area contributed by atoms with E-state index in [4.69, 9.17) is 9.47 Å². The number of amides is 1. The topological polar surface area (TPSA) is 76.1 Å². The monoisotopic (exact) mass is 347 g/mol. The van der Waals surface area contributed by atoms with E-state index in [1.165, 1.54) is 7.11 Å². The van der Waals surface area contributed by atoms with Gasteiger partial charge in [-0.15, -0.1) is 0 Å². The van der Waals surface area contributed by atoms with Crippen LogP contribution < -0.4 is 0 Å². The molecule has 6 heteroatoms. The fourth-order valence-corrected chi connectivity index (χ4v) is 3.98. The van der Waals surface area contributed by atoms with Crippen LogP contribution in [0.4, 0.5) is 0 Å². The summed E-state index contributed by atoms with van der Waals surface area (Å²) in [5.74, 6) is -1.42. The Balaban J connectivity index is 1.79. The molecule has 1 aromatic carbocycles. The predicted molar refractivity (Wildman–Crippen MR) is 90.4 cm³/mol. The molecule has 0 aliphatic carbocycles. The van der Waals surface area contributed by atoms with Crippen molar-refractivity contribution in [1.82, 2.24) is 4.90 Å². The Morgan fingerprint density at radius 1 is 1.28 bits per heavy atom. The minimum absolute atomic E-state index is 0.140. The molecule has 2 aliphatic rings. The van der Waals surface area contributed by atoms with E-state index < -0.39 is 29.0 Å². The maximum Gasteiger partial charge on any atom is 0.313 e. The van der Waals surface area contributed by atoms with Gasteiger partial charge in [0.2, 0.25) is 0 Å². The summed E-state index contributed by atoms with van der Waals surface area (Å²) in [6, 6.07) is 9.37. The lowest BCUT2D eigenvalue weighted by Crippen LogP contribution is -2.80. The van der Waals surface area contributed by atoms with Crippen molar-refractivity contribution < 1.29 is 24.2 Å². The highest BCUT2D eigenvalue weighted by Gasteiger charge is 2.67. The van der Waals surface area contributed by atoms with Crippen molar-refractivity contribution in [2.75, 3.05) is 13.7 Å². The summed E-state index contributed by atoms with van der Waals surface area (Å²) in [7, 11) is 1.29. The van der Waals surface area contributed by atoms with E-state index in [1.807, 2.05) is 44.2 Å². The first kappa shape index (κ1) is 17.9. The molecule has 2 aliphatic heterocycles. The molecule has 1 N–H and O–H groups in total. The molecule has 25 heavy (non-hydrogen) atoms. The van der Waals surface area contributed by atoms with E-state index >= 15 is 0 Å². The lowest BCUT2D eigenvalue weighted by Gasteiger charge is -2.63. The summed E-state index contributed by atoms with van der Waals surface area (Å²) in [6.45, 7) is 5.86. The molecular formula is C19H25NO5. The van der Waals surface area contributed by atoms with Gasteiger partial charge in [0, 0.05) is 12.0 Å². The van der Waals surface area contributed by atoms with Crippen LogP contribution in [-0.2, 0) is 25.7 Å². The third-order valence-electron chi connectivity index (χ3n) is 6.01. The van der Waals surface area contributed by atoms with Crippen LogP contribution in [0.25, 0.3) is 0 Å². The molecule has 0 spiro atoms. The van der Waals surface area contributed by atoms with Crippen LogP contribution in [0.15, 0.2) is 30.3 Å². The second kappa shape index (κ2) is 6.11. The molecule has 136 valence electrons. The molecule has 1 aromatic rings. The maximum absolute atomic E-state index is 12.5. The van der Waals surface area contributed by atoms with Crippen LogP contribution in [0.2, 0.25) is 0 Å². The lowest BCUT2D eigenvalue weighted by molar-refractivity contribution is -0.243. The number of benzene rings is 1. The zero-order valence-electron chi connectivity index (χ0n) is 15.1. The Labute approximate surface area is 147 Å². The molecule has 6 nitrogen and oxygen atoms in total. The summed E-state index contributed by atoms with van der Waals surface area (Å²) in [4.78, 5) is 26.3. The number of rotatable bonds is 4. The summed E-state index contributed by atoms with van der Waals surface area (Å²) >= 11 is 0. The van der Waals surface area contributed by atoms with Gasteiger partial charge in [0.05, 0.1) is 25.4 Å².